The Balaban J connectivity index is 1.31. The number of hydrogen-bond acceptors (Lipinski definition) is 2. The highest BCUT2D eigenvalue weighted by molar-refractivity contribution is 5.89. The van der Waals surface area contributed by atoms with E-state index in [9.17, 15) is 4.79 Å². The predicted molar refractivity (Wildman–Crippen MR) is 121 cm³/mol. The van der Waals surface area contributed by atoms with Crippen LogP contribution in [0.3, 0.4) is 0 Å². The van der Waals surface area contributed by atoms with E-state index in [0.29, 0.717) is 0 Å². The first-order chi connectivity index (χ1) is 14.8. The topological polar surface area (TPSA) is 35.6 Å². The van der Waals surface area contributed by atoms with E-state index in [2.05, 4.69) is 46.3 Å². The molecular weight excluding hydrogens is 370 g/mol. The second kappa shape index (κ2) is 9.78. The van der Waals surface area contributed by atoms with Gasteiger partial charge in [0, 0.05) is 49.5 Å². The van der Waals surface area contributed by atoms with Crippen LogP contribution >= 0.6 is 0 Å². The Morgan fingerprint density at radius 3 is 2.13 bits per heavy atom. The average Bonchev–Trinajstić information content (AvgIpc) is 2.80. The number of urea groups is 1. The molecule has 0 aliphatic carbocycles. The van der Waals surface area contributed by atoms with Crippen molar-refractivity contribution >= 4 is 11.7 Å². The Labute approximate surface area is 178 Å². The van der Waals surface area contributed by atoms with E-state index in [1.54, 1.807) is 0 Å². The number of anilines is 1. The van der Waals surface area contributed by atoms with Gasteiger partial charge >= 0.3 is 6.03 Å². The molecule has 4 heteroatoms. The third-order valence-corrected chi connectivity index (χ3v) is 5.15. The second-order valence-electron chi connectivity index (χ2n) is 7.38. The van der Waals surface area contributed by atoms with Crippen LogP contribution < -0.4 is 5.32 Å². The molecular formula is C26H25N3O. The number of benzene rings is 3. The number of hydrogen-bond donors (Lipinski definition) is 1. The quantitative estimate of drug-likeness (QED) is 0.666. The first-order valence-electron chi connectivity index (χ1n) is 10.3. The van der Waals surface area contributed by atoms with Crippen LogP contribution in [0.15, 0.2) is 84.9 Å². The molecule has 1 saturated heterocycles. The lowest BCUT2D eigenvalue weighted by molar-refractivity contribution is 0.143. The van der Waals surface area contributed by atoms with E-state index in [1.807, 2.05) is 65.6 Å². The van der Waals surface area contributed by atoms with Crippen molar-refractivity contribution in [3.63, 3.8) is 0 Å². The van der Waals surface area contributed by atoms with E-state index in [-0.39, 0.29) is 6.03 Å². The maximum absolute atomic E-state index is 12.7. The molecule has 4 rings (SSSR count). The Bertz CT molecular complexity index is 1030. The highest BCUT2D eigenvalue weighted by atomic mass is 16.2. The normalized spacial score (nSPS) is 13.9. The van der Waals surface area contributed by atoms with Crippen molar-refractivity contribution in [3.05, 3.63) is 102 Å². The summed E-state index contributed by atoms with van der Waals surface area (Å²) in [7, 11) is 0. The molecule has 1 N–H and O–H groups in total. The van der Waals surface area contributed by atoms with Crippen LogP contribution in [0, 0.1) is 11.8 Å². The van der Waals surface area contributed by atoms with Crippen LogP contribution in [0.1, 0.15) is 16.7 Å². The molecule has 30 heavy (non-hydrogen) atoms. The zero-order valence-electron chi connectivity index (χ0n) is 16.9. The second-order valence-corrected chi connectivity index (χ2v) is 7.38. The number of carbonyl (C=O) groups is 1. The number of piperazine rings is 1. The zero-order chi connectivity index (χ0) is 20.6. The Hall–Kier alpha value is -3.55. The zero-order valence-corrected chi connectivity index (χ0v) is 16.9. The third-order valence-electron chi connectivity index (χ3n) is 5.15. The summed E-state index contributed by atoms with van der Waals surface area (Å²) in [6.45, 7) is 4.15. The minimum atomic E-state index is -0.0532. The van der Waals surface area contributed by atoms with Crippen LogP contribution in [0.25, 0.3) is 0 Å². The van der Waals surface area contributed by atoms with E-state index in [4.69, 9.17) is 0 Å². The monoisotopic (exact) mass is 395 g/mol. The fourth-order valence-corrected chi connectivity index (χ4v) is 3.49. The molecule has 2 amide bonds. The fourth-order valence-electron chi connectivity index (χ4n) is 3.49. The molecule has 0 spiro atoms. The fraction of sp³-hybridized carbons (Fsp3) is 0.192. The molecule has 0 saturated carbocycles. The highest BCUT2D eigenvalue weighted by Crippen LogP contribution is 2.13. The molecule has 0 atom stereocenters. The standard InChI is InChI=1S/C26H25N3O/c30-26(29-18-16-28(17-19-29)21-24-10-5-2-6-11-24)27-25-13-7-12-23(20-25)15-14-22-8-3-1-4-9-22/h1-13,20H,16-19,21H2,(H,27,30). The van der Waals surface area contributed by atoms with Gasteiger partial charge in [0.1, 0.15) is 0 Å². The van der Waals surface area contributed by atoms with Gasteiger partial charge in [-0.1, -0.05) is 66.4 Å². The van der Waals surface area contributed by atoms with Crippen molar-refractivity contribution < 1.29 is 4.79 Å². The molecule has 3 aromatic carbocycles. The molecule has 0 radical (unpaired) electrons. The Kier molecular flexibility index (Phi) is 6.44. The smallest absolute Gasteiger partial charge is 0.321 e. The van der Waals surface area contributed by atoms with Crippen LogP contribution in [0.2, 0.25) is 0 Å². The van der Waals surface area contributed by atoms with Crippen LogP contribution in [0.4, 0.5) is 10.5 Å². The van der Waals surface area contributed by atoms with Crippen molar-refractivity contribution in [1.29, 1.82) is 0 Å². The van der Waals surface area contributed by atoms with Gasteiger partial charge < -0.3 is 10.2 Å². The van der Waals surface area contributed by atoms with Crippen LogP contribution in [0.5, 0.6) is 0 Å². The van der Waals surface area contributed by atoms with E-state index in [1.165, 1.54) is 5.56 Å². The van der Waals surface area contributed by atoms with Gasteiger partial charge in [0.05, 0.1) is 0 Å². The molecule has 0 unspecified atom stereocenters. The van der Waals surface area contributed by atoms with E-state index < -0.39 is 0 Å². The number of nitrogens with zero attached hydrogens (tertiary/aromatic N) is 2. The molecule has 3 aromatic rings. The maximum atomic E-state index is 12.7. The van der Waals surface area contributed by atoms with Crippen LogP contribution in [-0.4, -0.2) is 42.0 Å². The van der Waals surface area contributed by atoms with Gasteiger partial charge in [0.2, 0.25) is 0 Å². The van der Waals surface area contributed by atoms with Gasteiger partial charge in [-0.05, 0) is 35.9 Å². The molecule has 1 aliphatic rings. The summed E-state index contributed by atoms with van der Waals surface area (Å²) in [4.78, 5) is 16.9. The van der Waals surface area contributed by atoms with Crippen molar-refractivity contribution in [3.8, 4) is 11.8 Å². The molecule has 1 fully saturated rings. The predicted octanol–water partition coefficient (Wildman–Crippen LogP) is 4.44. The molecule has 0 bridgehead atoms. The number of rotatable bonds is 3. The summed E-state index contributed by atoms with van der Waals surface area (Å²) in [5.41, 5.74) is 3.93. The molecule has 1 aliphatic heterocycles. The number of nitrogens with one attached hydrogen (secondary N) is 1. The molecule has 4 nitrogen and oxygen atoms in total. The molecule has 150 valence electrons. The van der Waals surface area contributed by atoms with Crippen molar-refractivity contribution in [2.75, 3.05) is 31.5 Å². The lowest BCUT2D eigenvalue weighted by Gasteiger charge is -2.34. The lowest BCUT2D eigenvalue weighted by atomic mass is 10.1. The van der Waals surface area contributed by atoms with Crippen molar-refractivity contribution in [2.45, 2.75) is 6.54 Å². The van der Waals surface area contributed by atoms with Gasteiger partial charge in [0.25, 0.3) is 0 Å². The number of amides is 2. The van der Waals surface area contributed by atoms with E-state index >= 15 is 0 Å². The molecule has 0 aromatic heterocycles. The summed E-state index contributed by atoms with van der Waals surface area (Å²) < 4.78 is 0. The Morgan fingerprint density at radius 1 is 0.767 bits per heavy atom. The summed E-state index contributed by atoms with van der Waals surface area (Å²) in [6.07, 6.45) is 0. The van der Waals surface area contributed by atoms with Crippen LogP contribution in [-0.2, 0) is 6.54 Å². The summed E-state index contributed by atoms with van der Waals surface area (Å²) in [6, 6.07) is 28.0. The third kappa shape index (κ3) is 5.50. The van der Waals surface area contributed by atoms with Gasteiger partial charge in [-0.3, -0.25) is 4.90 Å². The summed E-state index contributed by atoms with van der Waals surface area (Å²) in [5, 5.41) is 3.02. The first kappa shape index (κ1) is 19.8. The van der Waals surface area contributed by atoms with E-state index in [0.717, 1.165) is 49.5 Å². The van der Waals surface area contributed by atoms with Crippen molar-refractivity contribution in [2.24, 2.45) is 0 Å². The van der Waals surface area contributed by atoms with Gasteiger partial charge in [-0.2, -0.15) is 0 Å². The summed E-state index contributed by atoms with van der Waals surface area (Å²) >= 11 is 0. The van der Waals surface area contributed by atoms with Gasteiger partial charge in [-0.25, -0.2) is 4.79 Å². The van der Waals surface area contributed by atoms with Gasteiger partial charge in [-0.15, -0.1) is 0 Å². The van der Waals surface area contributed by atoms with Gasteiger partial charge in [0.15, 0.2) is 0 Å². The largest absolute Gasteiger partial charge is 0.322 e. The number of carbonyl (C=O) groups excluding carboxylic acids is 1. The van der Waals surface area contributed by atoms with Crippen molar-refractivity contribution in [1.82, 2.24) is 9.80 Å². The Morgan fingerprint density at radius 2 is 1.40 bits per heavy atom. The SMILES string of the molecule is O=C(Nc1cccc(C#Cc2ccccc2)c1)N1CCN(Cc2ccccc2)CC1. The average molecular weight is 396 g/mol. The minimum Gasteiger partial charge on any atom is -0.322 e. The minimum absolute atomic E-state index is 0.0532. The molecule has 1 heterocycles. The summed E-state index contributed by atoms with van der Waals surface area (Å²) in [5.74, 6) is 6.31. The first-order valence-corrected chi connectivity index (χ1v) is 10.3. The maximum Gasteiger partial charge on any atom is 0.321 e. The lowest BCUT2D eigenvalue weighted by Crippen LogP contribution is -2.49. The highest BCUT2D eigenvalue weighted by Gasteiger charge is 2.21.